The third kappa shape index (κ3) is 2.97. The van der Waals surface area contributed by atoms with Gasteiger partial charge < -0.3 is 14.7 Å². The third-order valence-electron chi connectivity index (χ3n) is 4.43. The Morgan fingerprint density at radius 2 is 2.00 bits per heavy atom. The van der Waals surface area contributed by atoms with E-state index < -0.39 is 11.4 Å². The molecule has 0 amide bonds. The van der Waals surface area contributed by atoms with E-state index in [-0.39, 0.29) is 11.9 Å². The molecule has 2 aliphatic heterocycles. The molecule has 2 heterocycles. The van der Waals surface area contributed by atoms with Crippen molar-refractivity contribution in [3.63, 3.8) is 0 Å². The number of oxime groups is 1. The molecule has 118 valence electrons. The van der Waals surface area contributed by atoms with Crippen LogP contribution < -0.4 is 0 Å². The minimum atomic E-state index is -0.797. The van der Waals surface area contributed by atoms with Crippen LogP contribution >= 0.6 is 0 Å². The van der Waals surface area contributed by atoms with Gasteiger partial charge in [-0.05, 0) is 30.5 Å². The first-order chi connectivity index (χ1) is 10.6. The lowest BCUT2D eigenvalue weighted by molar-refractivity contribution is -0.158. The maximum absolute atomic E-state index is 13.0. The Morgan fingerprint density at radius 3 is 2.64 bits per heavy atom. The van der Waals surface area contributed by atoms with Crippen molar-refractivity contribution in [3.05, 3.63) is 35.6 Å². The lowest BCUT2D eigenvalue weighted by Crippen LogP contribution is -2.40. The number of aliphatic carboxylic acids is 1. The lowest BCUT2D eigenvalue weighted by atomic mass is 9.75. The normalized spacial score (nSPS) is 23.7. The van der Waals surface area contributed by atoms with E-state index in [0.29, 0.717) is 38.9 Å². The molecule has 0 bridgehead atoms. The largest absolute Gasteiger partial charge is 0.481 e. The van der Waals surface area contributed by atoms with E-state index in [2.05, 4.69) is 5.16 Å². The fourth-order valence-electron chi connectivity index (χ4n) is 3.05. The molecule has 1 aromatic carbocycles. The highest BCUT2D eigenvalue weighted by molar-refractivity contribution is 6.01. The van der Waals surface area contributed by atoms with Gasteiger partial charge in [-0.1, -0.05) is 17.3 Å². The molecule has 0 radical (unpaired) electrons. The smallest absolute Gasteiger partial charge is 0.309 e. The predicted molar refractivity (Wildman–Crippen MR) is 77.2 cm³/mol. The summed E-state index contributed by atoms with van der Waals surface area (Å²) in [6, 6.07) is 6.06. The molecule has 6 heteroatoms. The van der Waals surface area contributed by atoms with Gasteiger partial charge in [-0.25, -0.2) is 4.39 Å². The quantitative estimate of drug-likeness (QED) is 0.928. The Kier molecular flexibility index (Phi) is 4.11. The molecule has 3 rings (SSSR count). The van der Waals surface area contributed by atoms with Crippen molar-refractivity contribution in [3.8, 4) is 0 Å². The van der Waals surface area contributed by atoms with Gasteiger partial charge in [0.05, 0.1) is 11.1 Å². The number of nitrogens with zero attached hydrogens (tertiary/aromatic N) is 1. The summed E-state index contributed by atoms with van der Waals surface area (Å²) < 4.78 is 18.2. The van der Waals surface area contributed by atoms with Crippen molar-refractivity contribution in [2.45, 2.75) is 31.8 Å². The highest BCUT2D eigenvalue weighted by Crippen LogP contribution is 2.38. The Balaban J connectivity index is 1.66. The summed E-state index contributed by atoms with van der Waals surface area (Å²) in [6.45, 7) is 0.926. The van der Waals surface area contributed by atoms with Gasteiger partial charge in [0.15, 0.2) is 0 Å². The van der Waals surface area contributed by atoms with Crippen molar-refractivity contribution in [1.29, 1.82) is 0 Å². The van der Waals surface area contributed by atoms with Gasteiger partial charge in [0.1, 0.15) is 11.9 Å². The Labute approximate surface area is 127 Å². The summed E-state index contributed by atoms with van der Waals surface area (Å²) in [7, 11) is 0. The molecule has 2 aliphatic rings. The molecule has 0 aliphatic carbocycles. The number of hydrogen-bond acceptors (Lipinski definition) is 4. The first-order valence-corrected chi connectivity index (χ1v) is 7.39. The van der Waals surface area contributed by atoms with Gasteiger partial charge in [-0.3, -0.25) is 4.79 Å². The topological polar surface area (TPSA) is 68.1 Å². The predicted octanol–water partition coefficient (Wildman–Crippen LogP) is 2.59. The van der Waals surface area contributed by atoms with Crippen molar-refractivity contribution in [2.75, 3.05) is 13.2 Å². The number of ether oxygens (including phenoxy) is 1. The lowest BCUT2D eigenvalue weighted by Gasteiger charge is -2.34. The van der Waals surface area contributed by atoms with Crippen molar-refractivity contribution in [1.82, 2.24) is 0 Å². The van der Waals surface area contributed by atoms with Crippen LogP contribution in [0.15, 0.2) is 29.4 Å². The second-order valence-electron chi connectivity index (χ2n) is 5.88. The van der Waals surface area contributed by atoms with Crippen LogP contribution in [0, 0.1) is 11.2 Å². The molecule has 1 fully saturated rings. The highest BCUT2D eigenvalue weighted by atomic mass is 19.1. The number of carbonyl (C=O) groups is 1. The van der Waals surface area contributed by atoms with Gasteiger partial charge in [0.25, 0.3) is 0 Å². The van der Waals surface area contributed by atoms with E-state index >= 15 is 0 Å². The van der Waals surface area contributed by atoms with Gasteiger partial charge in [-0.15, -0.1) is 0 Å². The molecule has 0 unspecified atom stereocenters. The van der Waals surface area contributed by atoms with Gasteiger partial charge in [0.2, 0.25) is 0 Å². The maximum atomic E-state index is 13.0. The summed E-state index contributed by atoms with van der Waals surface area (Å²) in [5.74, 6) is -1.10. The van der Waals surface area contributed by atoms with Gasteiger partial charge in [-0.2, -0.15) is 0 Å². The maximum Gasteiger partial charge on any atom is 0.309 e. The van der Waals surface area contributed by atoms with Crippen LogP contribution in [0.2, 0.25) is 0 Å². The number of carboxylic acids is 1. The van der Waals surface area contributed by atoms with Crippen molar-refractivity contribution < 1.29 is 23.9 Å². The molecule has 0 spiro atoms. The number of rotatable bonds is 4. The fourth-order valence-corrected chi connectivity index (χ4v) is 3.05. The average Bonchev–Trinajstić information content (AvgIpc) is 2.97. The van der Waals surface area contributed by atoms with Gasteiger partial charge in [0, 0.05) is 26.1 Å². The molecule has 22 heavy (non-hydrogen) atoms. The summed E-state index contributed by atoms with van der Waals surface area (Å²) in [5, 5.41) is 13.6. The molecule has 0 saturated carbocycles. The Morgan fingerprint density at radius 1 is 1.32 bits per heavy atom. The van der Waals surface area contributed by atoms with Crippen LogP contribution in [0.1, 0.15) is 31.2 Å². The van der Waals surface area contributed by atoms with Crippen LogP contribution in [0.25, 0.3) is 0 Å². The van der Waals surface area contributed by atoms with Crippen LogP contribution in [0.3, 0.4) is 0 Å². The first kappa shape index (κ1) is 15.0. The van der Waals surface area contributed by atoms with Crippen molar-refractivity contribution in [2.24, 2.45) is 10.6 Å². The molecule has 0 aromatic heterocycles. The second kappa shape index (κ2) is 6.04. The monoisotopic (exact) mass is 307 g/mol. The standard InChI is InChI=1S/C16H18FNO4/c17-12-3-1-11(2-4-12)14-9-13(22-18-14)10-16(15(19)20)5-7-21-8-6-16/h1-4,13H,5-10H2,(H,19,20)/t13-/m0/s1. The third-order valence-corrected chi connectivity index (χ3v) is 4.43. The number of halogens is 1. The molecule has 5 nitrogen and oxygen atoms in total. The zero-order chi connectivity index (χ0) is 15.6. The van der Waals surface area contributed by atoms with Crippen LogP contribution in [-0.2, 0) is 14.4 Å². The summed E-state index contributed by atoms with van der Waals surface area (Å²) in [5.41, 5.74) is 0.745. The number of carboxylic acid groups (broad SMARTS) is 1. The van der Waals surface area contributed by atoms with Crippen LogP contribution in [0.4, 0.5) is 4.39 Å². The van der Waals surface area contributed by atoms with E-state index in [1.807, 2.05) is 0 Å². The molecular formula is C16H18FNO4. The average molecular weight is 307 g/mol. The van der Waals surface area contributed by atoms with Crippen LogP contribution in [0.5, 0.6) is 0 Å². The fraction of sp³-hybridized carbons (Fsp3) is 0.500. The Hall–Kier alpha value is -1.95. The summed E-state index contributed by atoms with van der Waals surface area (Å²) in [6.07, 6.45) is 1.69. The molecule has 1 saturated heterocycles. The molecule has 1 aromatic rings. The summed E-state index contributed by atoms with van der Waals surface area (Å²) >= 11 is 0. The van der Waals surface area contributed by atoms with E-state index in [1.165, 1.54) is 12.1 Å². The van der Waals surface area contributed by atoms with Crippen LogP contribution in [-0.4, -0.2) is 36.1 Å². The van der Waals surface area contributed by atoms with E-state index in [9.17, 15) is 14.3 Å². The second-order valence-corrected chi connectivity index (χ2v) is 5.88. The summed E-state index contributed by atoms with van der Waals surface area (Å²) in [4.78, 5) is 17.1. The van der Waals surface area contributed by atoms with Crippen molar-refractivity contribution >= 4 is 11.7 Å². The minimum absolute atomic E-state index is 0.255. The molecular weight excluding hydrogens is 289 g/mol. The molecule has 1 atom stereocenters. The first-order valence-electron chi connectivity index (χ1n) is 7.39. The van der Waals surface area contributed by atoms with E-state index in [0.717, 1.165) is 11.3 Å². The number of hydrogen-bond donors (Lipinski definition) is 1. The van der Waals surface area contributed by atoms with Gasteiger partial charge >= 0.3 is 5.97 Å². The SMILES string of the molecule is O=C(O)C1(C[C@@H]2CC(c3ccc(F)cc3)=NO2)CCOCC1. The number of benzene rings is 1. The Bertz CT molecular complexity index is 578. The van der Waals surface area contributed by atoms with E-state index in [4.69, 9.17) is 9.57 Å². The highest BCUT2D eigenvalue weighted by Gasteiger charge is 2.43. The van der Waals surface area contributed by atoms with E-state index in [1.54, 1.807) is 12.1 Å². The zero-order valence-corrected chi connectivity index (χ0v) is 12.1. The minimum Gasteiger partial charge on any atom is -0.481 e. The molecule has 1 N–H and O–H groups in total. The zero-order valence-electron chi connectivity index (χ0n) is 12.1.